The molecule has 0 spiro atoms. The molecule has 1 aliphatic carbocycles. The molecule has 3 heteroatoms. The van der Waals surface area contributed by atoms with Crippen molar-refractivity contribution in [2.75, 3.05) is 5.32 Å². The Morgan fingerprint density at radius 3 is 2.53 bits per heavy atom. The van der Waals surface area contributed by atoms with E-state index in [9.17, 15) is 0 Å². The first kappa shape index (κ1) is 8.53. The molecule has 0 atom stereocenters. The molecule has 1 aromatic heterocycles. The lowest BCUT2D eigenvalue weighted by atomic mass is 10.1. The quantitative estimate of drug-likeness (QED) is 0.797. The molecule has 3 nitrogen and oxygen atoms in total. The number of anilines is 1. The zero-order valence-electron chi connectivity index (χ0n) is 8.40. The highest BCUT2D eigenvalue weighted by atomic mass is 15.2. The van der Waals surface area contributed by atoms with Gasteiger partial charge in [-0.15, -0.1) is 0 Å². The van der Waals surface area contributed by atoms with Crippen LogP contribution in [0.2, 0.25) is 0 Å². The van der Waals surface area contributed by atoms with Crippen molar-refractivity contribution in [2.24, 2.45) is 0 Å². The standard InChI is InChI=1S/C12H13N3/c1-2-4-10(5-3-1)12(7-8-12)14-11-6-9-13-15-11/h1-6,9H,7-8H2,(H2,13,14,15). The zero-order chi connectivity index (χ0) is 10.1. The van der Waals surface area contributed by atoms with Gasteiger partial charge in [0.05, 0.1) is 11.7 Å². The summed E-state index contributed by atoms with van der Waals surface area (Å²) in [6, 6.07) is 12.5. The van der Waals surface area contributed by atoms with Crippen molar-refractivity contribution in [3.63, 3.8) is 0 Å². The van der Waals surface area contributed by atoms with Gasteiger partial charge < -0.3 is 5.32 Å². The second kappa shape index (κ2) is 3.12. The van der Waals surface area contributed by atoms with Crippen LogP contribution >= 0.6 is 0 Å². The first-order valence-corrected chi connectivity index (χ1v) is 5.22. The van der Waals surface area contributed by atoms with Gasteiger partial charge in [-0.05, 0) is 24.5 Å². The van der Waals surface area contributed by atoms with Gasteiger partial charge in [-0.2, -0.15) is 5.10 Å². The summed E-state index contributed by atoms with van der Waals surface area (Å²) in [6.45, 7) is 0. The Labute approximate surface area is 88.5 Å². The first-order valence-electron chi connectivity index (χ1n) is 5.22. The van der Waals surface area contributed by atoms with E-state index in [1.165, 1.54) is 18.4 Å². The Morgan fingerprint density at radius 1 is 1.13 bits per heavy atom. The molecule has 1 heterocycles. The number of hydrogen-bond acceptors (Lipinski definition) is 2. The minimum absolute atomic E-state index is 0.147. The summed E-state index contributed by atoms with van der Waals surface area (Å²) in [5, 5.41) is 10.4. The number of H-pyrrole nitrogens is 1. The minimum atomic E-state index is 0.147. The number of hydrogen-bond donors (Lipinski definition) is 2. The predicted octanol–water partition coefficient (Wildman–Crippen LogP) is 2.51. The van der Waals surface area contributed by atoms with E-state index in [0.717, 1.165) is 5.82 Å². The van der Waals surface area contributed by atoms with Gasteiger partial charge in [0.25, 0.3) is 0 Å². The van der Waals surface area contributed by atoms with E-state index in [2.05, 4.69) is 45.8 Å². The van der Waals surface area contributed by atoms with E-state index in [4.69, 9.17) is 0 Å². The van der Waals surface area contributed by atoms with Crippen LogP contribution in [0.3, 0.4) is 0 Å². The fraction of sp³-hybridized carbons (Fsp3) is 0.250. The lowest BCUT2D eigenvalue weighted by Gasteiger charge is -2.17. The fourth-order valence-corrected chi connectivity index (χ4v) is 1.95. The van der Waals surface area contributed by atoms with Gasteiger partial charge in [-0.25, -0.2) is 0 Å². The topological polar surface area (TPSA) is 40.7 Å². The molecule has 0 amide bonds. The summed E-state index contributed by atoms with van der Waals surface area (Å²) in [7, 11) is 0. The van der Waals surface area contributed by atoms with Crippen LogP contribution in [0, 0.1) is 0 Å². The largest absolute Gasteiger partial charge is 0.361 e. The molecule has 76 valence electrons. The number of nitrogens with one attached hydrogen (secondary N) is 2. The van der Waals surface area contributed by atoms with Crippen molar-refractivity contribution in [1.82, 2.24) is 10.2 Å². The van der Waals surface area contributed by atoms with Gasteiger partial charge in [0.1, 0.15) is 5.82 Å². The van der Waals surface area contributed by atoms with E-state index in [1.54, 1.807) is 6.20 Å². The highest BCUT2D eigenvalue weighted by molar-refractivity contribution is 5.44. The molecule has 1 aliphatic rings. The third kappa shape index (κ3) is 1.50. The molecule has 0 aliphatic heterocycles. The van der Waals surface area contributed by atoms with Crippen LogP contribution in [0.1, 0.15) is 18.4 Å². The summed E-state index contributed by atoms with van der Waals surface area (Å²) in [5.41, 5.74) is 1.51. The second-order valence-corrected chi connectivity index (χ2v) is 4.04. The summed E-state index contributed by atoms with van der Waals surface area (Å²) in [5.74, 6) is 0.997. The summed E-state index contributed by atoms with van der Waals surface area (Å²) in [4.78, 5) is 0. The molecule has 0 radical (unpaired) electrons. The number of nitrogens with zero attached hydrogens (tertiary/aromatic N) is 1. The van der Waals surface area contributed by atoms with E-state index >= 15 is 0 Å². The third-order valence-electron chi connectivity index (χ3n) is 2.95. The minimum Gasteiger partial charge on any atom is -0.361 e. The molecule has 15 heavy (non-hydrogen) atoms. The zero-order valence-corrected chi connectivity index (χ0v) is 8.40. The van der Waals surface area contributed by atoms with Gasteiger partial charge in [-0.1, -0.05) is 30.3 Å². The third-order valence-corrected chi connectivity index (χ3v) is 2.95. The molecule has 0 saturated heterocycles. The number of aromatic amines is 1. The molecule has 2 aromatic rings. The fourth-order valence-electron chi connectivity index (χ4n) is 1.95. The maximum Gasteiger partial charge on any atom is 0.122 e. The lowest BCUT2D eigenvalue weighted by molar-refractivity contribution is 0.798. The molecular weight excluding hydrogens is 186 g/mol. The van der Waals surface area contributed by atoms with E-state index in [1.807, 2.05) is 6.07 Å². The molecule has 1 saturated carbocycles. The van der Waals surface area contributed by atoms with Crippen molar-refractivity contribution >= 4 is 5.82 Å². The van der Waals surface area contributed by atoms with Crippen LogP contribution in [0.15, 0.2) is 42.6 Å². The Balaban J connectivity index is 1.86. The predicted molar refractivity (Wildman–Crippen MR) is 59.6 cm³/mol. The smallest absolute Gasteiger partial charge is 0.122 e. The van der Waals surface area contributed by atoms with E-state index in [-0.39, 0.29) is 5.54 Å². The maximum absolute atomic E-state index is 3.94. The average molecular weight is 199 g/mol. The first-order chi connectivity index (χ1) is 7.39. The monoisotopic (exact) mass is 199 g/mol. The molecule has 0 unspecified atom stereocenters. The van der Waals surface area contributed by atoms with Crippen molar-refractivity contribution < 1.29 is 0 Å². The number of aromatic nitrogens is 2. The van der Waals surface area contributed by atoms with E-state index in [0.29, 0.717) is 0 Å². The van der Waals surface area contributed by atoms with Crippen LogP contribution in [-0.4, -0.2) is 10.2 Å². The van der Waals surface area contributed by atoms with Gasteiger partial charge in [-0.3, -0.25) is 5.10 Å². The Kier molecular flexibility index (Phi) is 1.78. The van der Waals surface area contributed by atoms with Gasteiger partial charge in [0.2, 0.25) is 0 Å². The summed E-state index contributed by atoms with van der Waals surface area (Å²) >= 11 is 0. The summed E-state index contributed by atoms with van der Waals surface area (Å²) in [6.07, 6.45) is 4.15. The molecule has 0 bridgehead atoms. The van der Waals surface area contributed by atoms with Crippen molar-refractivity contribution in [3.8, 4) is 0 Å². The number of benzene rings is 1. The lowest BCUT2D eigenvalue weighted by Crippen LogP contribution is -2.18. The average Bonchev–Trinajstić information content (AvgIpc) is 2.88. The summed E-state index contributed by atoms with van der Waals surface area (Å²) < 4.78 is 0. The van der Waals surface area contributed by atoms with Gasteiger partial charge in [0.15, 0.2) is 0 Å². The molecular formula is C12H13N3. The molecule has 1 aromatic carbocycles. The molecule has 3 rings (SSSR count). The van der Waals surface area contributed by atoms with E-state index < -0.39 is 0 Å². The second-order valence-electron chi connectivity index (χ2n) is 4.04. The maximum atomic E-state index is 3.94. The van der Waals surface area contributed by atoms with Gasteiger partial charge in [0, 0.05) is 0 Å². The Morgan fingerprint density at radius 2 is 1.93 bits per heavy atom. The number of rotatable bonds is 3. The highest BCUT2D eigenvalue weighted by Gasteiger charge is 2.44. The normalized spacial score (nSPS) is 17.3. The van der Waals surface area contributed by atoms with Crippen LogP contribution in [0.4, 0.5) is 5.82 Å². The highest BCUT2D eigenvalue weighted by Crippen LogP contribution is 2.47. The Bertz CT molecular complexity index is 429. The van der Waals surface area contributed by atoms with Crippen LogP contribution in [0.5, 0.6) is 0 Å². The van der Waals surface area contributed by atoms with Crippen molar-refractivity contribution in [1.29, 1.82) is 0 Å². The van der Waals surface area contributed by atoms with Gasteiger partial charge >= 0.3 is 0 Å². The van der Waals surface area contributed by atoms with Crippen LogP contribution in [-0.2, 0) is 5.54 Å². The molecule has 2 N–H and O–H groups in total. The molecule has 1 fully saturated rings. The van der Waals surface area contributed by atoms with Crippen LogP contribution < -0.4 is 5.32 Å². The van der Waals surface area contributed by atoms with Crippen molar-refractivity contribution in [2.45, 2.75) is 18.4 Å². The SMILES string of the molecule is c1ccc(C2(Nc3ccn[nH]3)CC2)cc1. The van der Waals surface area contributed by atoms with Crippen molar-refractivity contribution in [3.05, 3.63) is 48.2 Å². The van der Waals surface area contributed by atoms with Crippen LogP contribution in [0.25, 0.3) is 0 Å². The Hall–Kier alpha value is -1.77.